The normalized spacial score (nSPS) is 43.3. The average Bonchev–Trinajstić information content (AvgIpc) is 3.16. The van der Waals surface area contributed by atoms with E-state index in [1.807, 2.05) is 29.4 Å². The van der Waals surface area contributed by atoms with Gasteiger partial charge in [-0.15, -0.1) is 0 Å². The highest BCUT2D eigenvalue weighted by atomic mass is 17.3. The lowest BCUT2D eigenvalue weighted by molar-refractivity contribution is -0.576. The van der Waals surface area contributed by atoms with Crippen LogP contribution in [0.2, 0.25) is 0 Å². The van der Waals surface area contributed by atoms with Gasteiger partial charge in [-0.25, -0.2) is 9.78 Å². The quantitative estimate of drug-likeness (QED) is 0.411. The van der Waals surface area contributed by atoms with E-state index in [0.717, 1.165) is 37.8 Å². The van der Waals surface area contributed by atoms with Gasteiger partial charge in [-0.2, -0.15) is 0 Å². The second-order valence-electron chi connectivity index (χ2n) is 13.3. The molecule has 1 aromatic heterocycles. The highest BCUT2D eigenvalue weighted by molar-refractivity contribution is 5.81. The van der Waals surface area contributed by atoms with E-state index in [1.165, 1.54) is 0 Å². The van der Waals surface area contributed by atoms with Crippen LogP contribution in [0.25, 0.3) is 0 Å². The van der Waals surface area contributed by atoms with Crippen LogP contribution in [0.5, 0.6) is 0 Å². The summed E-state index contributed by atoms with van der Waals surface area (Å²) >= 11 is 0. The molecule has 0 aromatic carbocycles. The summed E-state index contributed by atoms with van der Waals surface area (Å²) in [5.41, 5.74) is 0.314. The van der Waals surface area contributed by atoms with Gasteiger partial charge < -0.3 is 23.7 Å². The van der Waals surface area contributed by atoms with Gasteiger partial charge in [0.25, 0.3) is 5.56 Å². The summed E-state index contributed by atoms with van der Waals surface area (Å²) in [6, 6.07) is 5.37. The number of ether oxygens (including phenoxy) is 3. The molecule has 4 bridgehead atoms. The maximum Gasteiger partial charge on any atom is 0.308 e. The van der Waals surface area contributed by atoms with Crippen LogP contribution in [0.1, 0.15) is 77.3 Å². The number of nitrogens with zero attached hydrogens (tertiary/aromatic N) is 2. The van der Waals surface area contributed by atoms with Crippen LogP contribution >= 0.6 is 0 Å². The van der Waals surface area contributed by atoms with Gasteiger partial charge in [-0.1, -0.05) is 19.9 Å². The Labute approximate surface area is 234 Å². The van der Waals surface area contributed by atoms with Gasteiger partial charge >= 0.3 is 5.97 Å². The first-order valence-corrected chi connectivity index (χ1v) is 15.0. The minimum Gasteiger partial charge on any atom is -0.435 e. The molecule has 6 aliphatic heterocycles. The highest BCUT2D eigenvalue weighted by Crippen LogP contribution is 2.60. The number of hydrogen-bond donors (Lipinski definition) is 0. The molecule has 40 heavy (non-hydrogen) atoms. The van der Waals surface area contributed by atoms with Crippen LogP contribution in [0.15, 0.2) is 23.0 Å². The molecule has 1 aromatic rings. The Balaban J connectivity index is 0.990. The highest BCUT2D eigenvalue weighted by Gasteiger charge is 2.69. The number of esters is 1. The molecule has 6 fully saturated rings. The van der Waals surface area contributed by atoms with Gasteiger partial charge in [0.05, 0.1) is 6.42 Å². The number of aromatic nitrogens is 1. The van der Waals surface area contributed by atoms with E-state index in [2.05, 4.69) is 6.92 Å². The van der Waals surface area contributed by atoms with E-state index < -0.39 is 29.9 Å². The zero-order valence-electron chi connectivity index (χ0n) is 23.6. The number of rotatable bonds is 4. The summed E-state index contributed by atoms with van der Waals surface area (Å²) in [6.07, 6.45) is 3.26. The van der Waals surface area contributed by atoms with Crippen molar-refractivity contribution in [3.63, 3.8) is 0 Å². The fraction of sp³-hybridized carbons (Fsp3) is 0.767. The summed E-state index contributed by atoms with van der Waals surface area (Å²) < 4.78 is 20.4. The molecule has 8 rings (SSSR count). The zero-order chi connectivity index (χ0) is 27.8. The largest absolute Gasteiger partial charge is 0.435 e. The number of pyridine rings is 1. The van der Waals surface area contributed by atoms with Crippen molar-refractivity contribution in [3.8, 4) is 0 Å². The predicted octanol–water partition coefficient (Wildman–Crippen LogP) is 3.33. The Kier molecular flexibility index (Phi) is 6.42. The van der Waals surface area contributed by atoms with Crippen molar-refractivity contribution in [3.05, 3.63) is 34.2 Å². The third-order valence-corrected chi connectivity index (χ3v) is 10.7. The van der Waals surface area contributed by atoms with Crippen LogP contribution in [-0.2, 0) is 40.1 Å². The Bertz CT molecular complexity index is 1250. The number of carbonyl (C=O) groups excluding carboxylic acids is 2. The molecule has 7 aliphatic rings. The van der Waals surface area contributed by atoms with E-state index >= 15 is 0 Å². The Morgan fingerprint density at radius 2 is 1.90 bits per heavy atom. The van der Waals surface area contributed by atoms with Crippen molar-refractivity contribution in [1.29, 1.82) is 0 Å². The first-order valence-electron chi connectivity index (χ1n) is 15.0. The lowest BCUT2D eigenvalue weighted by Crippen LogP contribution is -2.70. The molecule has 10 heteroatoms. The fourth-order valence-electron chi connectivity index (χ4n) is 8.66. The molecule has 10 nitrogen and oxygen atoms in total. The summed E-state index contributed by atoms with van der Waals surface area (Å²) in [6.45, 7) is 7.99. The molecule has 1 saturated carbocycles. The first-order chi connectivity index (χ1) is 19.2. The summed E-state index contributed by atoms with van der Waals surface area (Å²) in [5, 5.41) is 0. The average molecular weight is 557 g/mol. The molecule has 1 aliphatic carbocycles. The summed E-state index contributed by atoms with van der Waals surface area (Å²) in [5.74, 6) is -0.339. The van der Waals surface area contributed by atoms with Gasteiger partial charge in [0, 0.05) is 62.0 Å². The van der Waals surface area contributed by atoms with Crippen LogP contribution in [-0.4, -0.2) is 58.4 Å². The number of piperidine rings is 1. The Hall–Kier alpha value is -2.27. The molecule has 10 atom stereocenters. The standard InChI is InChI=1S/C30H40N2O8/c1-17-7-8-22-18(2)27(37-28-30(22)21(17)11-12-29(3,38-28)39-40-30)36-26(35)10-9-24(33)31-14-19-13-20(16-31)23-5-4-6-25(34)32(23)15-19/h4-6,17-22,27-28H,7-16H2,1-3H3/t17-,18-,19-,20+,21-,22-,27-,28-,29-,30-/m1/s1. The van der Waals surface area contributed by atoms with Crippen molar-refractivity contribution in [1.82, 2.24) is 9.47 Å². The molecule has 1 spiro atoms. The molecule has 0 N–H and O–H groups in total. The maximum absolute atomic E-state index is 13.2. The van der Waals surface area contributed by atoms with E-state index in [0.29, 0.717) is 25.6 Å². The monoisotopic (exact) mass is 556 g/mol. The predicted molar refractivity (Wildman–Crippen MR) is 140 cm³/mol. The van der Waals surface area contributed by atoms with Gasteiger partial charge in [-0.05, 0) is 56.4 Å². The van der Waals surface area contributed by atoms with Crippen molar-refractivity contribution in [2.24, 2.45) is 29.6 Å². The second-order valence-corrected chi connectivity index (χ2v) is 13.3. The summed E-state index contributed by atoms with van der Waals surface area (Å²) in [7, 11) is 0. The lowest BCUT2D eigenvalue weighted by atomic mass is 9.58. The number of carbonyl (C=O) groups is 2. The minimum atomic E-state index is -0.889. The fourth-order valence-corrected chi connectivity index (χ4v) is 8.66. The number of fused-ring (bicyclic) bond motifs is 6. The van der Waals surface area contributed by atoms with Gasteiger partial charge in [0.2, 0.25) is 18.0 Å². The molecule has 5 saturated heterocycles. The Morgan fingerprint density at radius 3 is 2.75 bits per heavy atom. The van der Waals surface area contributed by atoms with E-state index in [4.69, 9.17) is 24.0 Å². The van der Waals surface area contributed by atoms with Gasteiger partial charge in [0.1, 0.15) is 0 Å². The lowest BCUT2D eigenvalue weighted by Gasteiger charge is -2.59. The van der Waals surface area contributed by atoms with E-state index in [9.17, 15) is 14.4 Å². The van der Waals surface area contributed by atoms with Crippen LogP contribution < -0.4 is 5.56 Å². The molecular weight excluding hydrogens is 516 g/mol. The van der Waals surface area contributed by atoms with Crippen molar-refractivity contribution in [2.75, 3.05) is 13.1 Å². The van der Waals surface area contributed by atoms with Crippen molar-refractivity contribution in [2.45, 2.75) is 102 Å². The second kappa shape index (κ2) is 9.64. The number of likely N-dealkylation sites (tertiary alicyclic amines) is 1. The smallest absolute Gasteiger partial charge is 0.308 e. The first kappa shape index (κ1) is 26.6. The van der Waals surface area contributed by atoms with Crippen LogP contribution in [0.4, 0.5) is 0 Å². The summed E-state index contributed by atoms with van der Waals surface area (Å²) in [4.78, 5) is 52.3. The van der Waals surface area contributed by atoms with Crippen LogP contribution in [0, 0.1) is 29.6 Å². The molecule has 7 heterocycles. The van der Waals surface area contributed by atoms with Crippen LogP contribution in [0.3, 0.4) is 0 Å². The molecule has 0 radical (unpaired) electrons. The third-order valence-electron chi connectivity index (χ3n) is 10.7. The minimum absolute atomic E-state index is 0.00832. The van der Waals surface area contributed by atoms with Gasteiger partial charge in [0.15, 0.2) is 11.9 Å². The number of hydrogen-bond acceptors (Lipinski definition) is 8. The molecule has 0 unspecified atom stereocenters. The van der Waals surface area contributed by atoms with Crippen molar-refractivity contribution >= 4 is 11.9 Å². The zero-order valence-corrected chi connectivity index (χ0v) is 23.6. The molecule has 218 valence electrons. The van der Waals surface area contributed by atoms with Crippen molar-refractivity contribution < 1.29 is 33.6 Å². The van der Waals surface area contributed by atoms with Gasteiger partial charge in [-0.3, -0.25) is 14.4 Å². The SMILES string of the molecule is C[C@H]1[C@H](OC(=O)CCC(=O)N2C[C@H]3C[C@@H](C2)c2cccc(=O)n2C3)O[C@@H]2O[C@@]3(C)CC[C@@H]4[C@H](C)CC[C@H]1[C@@]24OO3. The van der Waals surface area contributed by atoms with E-state index in [-0.39, 0.29) is 53.9 Å². The van der Waals surface area contributed by atoms with E-state index in [1.54, 1.807) is 12.1 Å². The maximum atomic E-state index is 13.2. The molecule has 1 amide bonds. The molecular formula is C30H40N2O8. The topological polar surface area (TPSA) is 106 Å². The number of amides is 1. The Morgan fingerprint density at radius 1 is 1.05 bits per heavy atom. The third kappa shape index (κ3) is 4.16.